The standard InChI is InChI=1S/C13H15ClN4OS/c1-2-18(8-10-4-3-5-20-10)13(19)9-6-11(14)12(17-15)16-7-9/h3-7H,2,8,15H2,1H3,(H,16,17). The third kappa shape index (κ3) is 3.27. The third-order valence-electron chi connectivity index (χ3n) is 2.82. The first-order chi connectivity index (χ1) is 9.65. The lowest BCUT2D eigenvalue weighted by Gasteiger charge is -2.20. The molecule has 2 heterocycles. The highest BCUT2D eigenvalue weighted by molar-refractivity contribution is 7.09. The molecule has 0 spiro atoms. The molecule has 3 N–H and O–H groups in total. The summed E-state index contributed by atoms with van der Waals surface area (Å²) in [6, 6.07) is 5.55. The fourth-order valence-electron chi connectivity index (χ4n) is 1.76. The molecule has 2 aromatic heterocycles. The van der Waals surface area contributed by atoms with Crippen LogP contribution >= 0.6 is 22.9 Å². The molecule has 0 bridgehead atoms. The van der Waals surface area contributed by atoms with E-state index in [4.69, 9.17) is 17.4 Å². The highest BCUT2D eigenvalue weighted by Gasteiger charge is 2.16. The zero-order valence-electron chi connectivity index (χ0n) is 11.0. The lowest BCUT2D eigenvalue weighted by atomic mass is 10.2. The number of nitrogens with one attached hydrogen (secondary N) is 1. The molecule has 0 fully saturated rings. The molecule has 5 nitrogen and oxygen atoms in total. The molecule has 7 heteroatoms. The molecule has 0 atom stereocenters. The number of thiophene rings is 1. The van der Waals surface area contributed by atoms with Gasteiger partial charge in [0.2, 0.25) is 0 Å². The Morgan fingerprint density at radius 3 is 2.95 bits per heavy atom. The van der Waals surface area contributed by atoms with Gasteiger partial charge in [-0.15, -0.1) is 11.3 Å². The van der Waals surface area contributed by atoms with Crippen molar-refractivity contribution >= 4 is 34.7 Å². The summed E-state index contributed by atoms with van der Waals surface area (Å²) in [5, 5.41) is 2.32. The molecule has 0 aliphatic carbocycles. The van der Waals surface area contributed by atoms with Crippen LogP contribution in [0.3, 0.4) is 0 Å². The number of hydrogen-bond acceptors (Lipinski definition) is 5. The molecule has 106 valence electrons. The lowest BCUT2D eigenvalue weighted by molar-refractivity contribution is 0.0754. The summed E-state index contributed by atoms with van der Waals surface area (Å²) in [6.07, 6.45) is 1.47. The van der Waals surface area contributed by atoms with Gasteiger partial charge in [-0.2, -0.15) is 0 Å². The number of nitrogen functional groups attached to an aromatic ring is 1. The van der Waals surface area contributed by atoms with E-state index in [0.717, 1.165) is 4.88 Å². The Balaban J connectivity index is 2.17. The zero-order chi connectivity index (χ0) is 14.5. The number of halogens is 1. The van der Waals surface area contributed by atoms with Crippen LogP contribution in [0.2, 0.25) is 5.02 Å². The molecule has 0 unspecified atom stereocenters. The van der Waals surface area contributed by atoms with Crippen molar-refractivity contribution in [3.05, 3.63) is 45.2 Å². The lowest BCUT2D eigenvalue weighted by Crippen LogP contribution is -2.30. The Morgan fingerprint density at radius 1 is 1.60 bits per heavy atom. The average Bonchev–Trinajstić information content (AvgIpc) is 2.97. The molecular weight excluding hydrogens is 296 g/mol. The van der Waals surface area contributed by atoms with E-state index >= 15 is 0 Å². The minimum atomic E-state index is -0.0983. The van der Waals surface area contributed by atoms with E-state index in [2.05, 4.69) is 10.4 Å². The highest BCUT2D eigenvalue weighted by Crippen LogP contribution is 2.21. The van der Waals surface area contributed by atoms with Gasteiger partial charge in [-0.1, -0.05) is 17.7 Å². The maximum Gasteiger partial charge on any atom is 0.255 e. The number of hydrazine groups is 1. The molecule has 1 amide bonds. The molecule has 0 aliphatic rings. The van der Waals surface area contributed by atoms with Crippen LogP contribution in [-0.4, -0.2) is 22.3 Å². The number of pyridine rings is 1. The normalized spacial score (nSPS) is 10.3. The van der Waals surface area contributed by atoms with Crippen molar-refractivity contribution in [2.45, 2.75) is 13.5 Å². The van der Waals surface area contributed by atoms with Crippen LogP contribution in [-0.2, 0) is 6.54 Å². The molecule has 20 heavy (non-hydrogen) atoms. The number of hydrogen-bond donors (Lipinski definition) is 2. The van der Waals surface area contributed by atoms with E-state index in [0.29, 0.717) is 29.5 Å². The Morgan fingerprint density at radius 2 is 2.40 bits per heavy atom. The minimum Gasteiger partial charge on any atom is -0.334 e. The van der Waals surface area contributed by atoms with E-state index in [9.17, 15) is 4.79 Å². The number of aromatic nitrogens is 1. The van der Waals surface area contributed by atoms with Gasteiger partial charge in [-0.25, -0.2) is 10.8 Å². The van der Waals surface area contributed by atoms with Gasteiger partial charge in [0.25, 0.3) is 5.91 Å². The predicted octanol–water partition coefficient (Wildman–Crippen LogP) is 2.74. The van der Waals surface area contributed by atoms with E-state index in [1.165, 1.54) is 6.20 Å². The van der Waals surface area contributed by atoms with Crippen LogP contribution in [0.4, 0.5) is 5.82 Å². The van der Waals surface area contributed by atoms with Gasteiger partial charge in [0.1, 0.15) is 0 Å². The number of carbonyl (C=O) groups is 1. The summed E-state index contributed by atoms with van der Waals surface area (Å²) >= 11 is 7.62. The van der Waals surface area contributed by atoms with Crippen LogP contribution in [0.25, 0.3) is 0 Å². The quantitative estimate of drug-likeness (QED) is 0.658. The first-order valence-corrected chi connectivity index (χ1v) is 7.35. The van der Waals surface area contributed by atoms with E-state index in [-0.39, 0.29) is 5.91 Å². The fourth-order valence-corrected chi connectivity index (χ4v) is 2.70. The van der Waals surface area contributed by atoms with E-state index in [1.807, 2.05) is 24.4 Å². The summed E-state index contributed by atoms with van der Waals surface area (Å²) in [6.45, 7) is 3.14. The molecule has 0 radical (unpaired) electrons. The number of amides is 1. The van der Waals surface area contributed by atoms with Crippen molar-refractivity contribution in [2.75, 3.05) is 12.0 Å². The van der Waals surface area contributed by atoms with Crippen LogP contribution in [0.5, 0.6) is 0 Å². The van der Waals surface area contributed by atoms with E-state index in [1.54, 1.807) is 22.3 Å². The van der Waals surface area contributed by atoms with Gasteiger partial charge < -0.3 is 10.3 Å². The molecule has 0 aromatic carbocycles. The van der Waals surface area contributed by atoms with Crippen LogP contribution in [0.1, 0.15) is 22.2 Å². The summed E-state index contributed by atoms with van der Waals surface area (Å²) in [5.41, 5.74) is 2.83. The van der Waals surface area contributed by atoms with Crippen molar-refractivity contribution in [1.29, 1.82) is 0 Å². The third-order valence-corrected chi connectivity index (χ3v) is 3.97. The minimum absolute atomic E-state index is 0.0983. The highest BCUT2D eigenvalue weighted by atomic mass is 35.5. The number of carbonyl (C=O) groups excluding carboxylic acids is 1. The summed E-state index contributed by atoms with van der Waals surface area (Å²) in [7, 11) is 0. The van der Waals surface area contributed by atoms with E-state index < -0.39 is 0 Å². The number of anilines is 1. The average molecular weight is 311 g/mol. The predicted molar refractivity (Wildman–Crippen MR) is 81.8 cm³/mol. The molecule has 0 saturated carbocycles. The van der Waals surface area contributed by atoms with Crippen LogP contribution in [0, 0.1) is 0 Å². The Labute approximate surface area is 126 Å². The van der Waals surface area contributed by atoms with Crippen molar-refractivity contribution in [2.24, 2.45) is 5.84 Å². The summed E-state index contributed by atoms with van der Waals surface area (Å²) in [5.74, 6) is 5.52. The Hall–Kier alpha value is -1.63. The zero-order valence-corrected chi connectivity index (χ0v) is 12.5. The monoisotopic (exact) mass is 310 g/mol. The maximum atomic E-state index is 12.4. The first kappa shape index (κ1) is 14.8. The largest absolute Gasteiger partial charge is 0.334 e. The van der Waals surface area contributed by atoms with Crippen molar-refractivity contribution in [3.8, 4) is 0 Å². The maximum absolute atomic E-state index is 12.4. The summed E-state index contributed by atoms with van der Waals surface area (Å²) < 4.78 is 0. The van der Waals surface area contributed by atoms with Gasteiger partial charge in [0.05, 0.1) is 17.1 Å². The number of rotatable bonds is 5. The van der Waals surface area contributed by atoms with Crippen molar-refractivity contribution < 1.29 is 4.79 Å². The SMILES string of the molecule is CCN(Cc1cccs1)C(=O)c1cnc(NN)c(Cl)c1. The fraction of sp³-hybridized carbons (Fsp3) is 0.231. The molecule has 2 aromatic rings. The second-order valence-electron chi connectivity index (χ2n) is 4.10. The first-order valence-electron chi connectivity index (χ1n) is 6.09. The Bertz CT molecular complexity index is 588. The molecule has 2 rings (SSSR count). The second kappa shape index (κ2) is 6.69. The topological polar surface area (TPSA) is 71.2 Å². The van der Waals surface area contributed by atoms with Gasteiger partial charge in [-0.05, 0) is 24.4 Å². The van der Waals surface area contributed by atoms with Crippen LogP contribution < -0.4 is 11.3 Å². The second-order valence-corrected chi connectivity index (χ2v) is 5.54. The molecule has 0 aliphatic heterocycles. The van der Waals surface area contributed by atoms with Crippen molar-refractivity contribution in [3.63, 3.8) is 0 Å². The van der Waals surface area contributed by atoms with Crippen molar-refractivity contribution in [1.82, 2.24) is 9.88 Å². The van der Waals surface area contributed by atoms with Gasteiger partial charge >= 0.3 is 0 Å². The van der Waals surface area contributed by atoms with Gasteiger partial charge in [0, 0.05) is 17.6 Å². The number of nitrogens with two attached hydrogens (primary N) is 1. The smallest absolute Gasteiger partial charge is 0.255 e. The Kier molecular flexibility index (Phi) is 4.94. The van der Waals surface area contributed by atoms with Gasteiger partial charge in [-0.3, -0.25) is 4.79 Å². The molecular formula is C13H15ClN4OS. The van der Waals surface area contributed by atoms with Gasteiger partial charge in [0.15, 0.2) is 5.82 Å². The van der Waals surface area contributed by atoms with Crippen LogP contribution in [0.15, 0.2) is 29.8 Å². The molecule has 0 saturated heterocycles. The number of nitrogens with zero attached hydrogens (tertiary/aromatic N) is 2. The summed E-state index contributed by atoms with van der Waals surface area (Å²) in [4.78, 5) is 19.3.